The lowest BCUT2D eigenvalue weighted by Crippen LogP contribution is -2.45. The van der Waals surface area contributed by atoms with Crippen molar-refractivity contribution in [2.24, 2.45) is 0 Å². The molecule has 0 amide bonds. The fourth-order valence-electron chi connectivity index (χ4n) is 1.90. The summed E-state index contributed by atoms with van der Waals surface area (Å²) in [6.07, 6.45) is -0.445. The van der Waals surface area contributed by atoms with Gasteiger partial charge in [0, 0.05) is 26.2 Å². The van der Waals surface area contributed by atoms with Gasteiger partial charge in [-0.1, -0.05) is 30.3 Å². The molecule has 0 aromatic heterocycles. The van der Waals surface area contributed by atoms with Gasteiger partial charge in [-0.2, -0.15) is 0 Å². The number of piperazine rings is 1. The van der Waals surface area contributed by atoms with E-state index in [-0.39, 0.29) is 0 Å². The molecule has 1 aliphatic heterocycles. The molecule has 1 unspecified atom stereocenters. The van der Waals surface area contributed by atoms with Crippen LogP contribution in [0, 0.1) is 0 Å². The SMILES string of the molecule is CN1CCN(C(O)c2ccccc2)CC1. The van der Waals surface area contributed by atoms with Crippen molar-refractivity contribution in [1.82, 2.24) is 9.80 Å². The van der Waals surface area contributed by atoms with E-state index in [1.54, 1.807) is 0 Å². The second kappa shape index (κ2) is 4.75. The van der Waals surface area contributed by atoms with Gasteiger partial charge in [0.05, 0.1) is 0 Å². The summed E-state index contributed by atoms with van der Waals surface area (Å²) in [7, 11) is 2.12. The first kappa shape index (κ1) is 10.6. The fourth-order valence-corrected chi connectivity index (χ4v) is 1.90. The maximum Gasteiger partial charge on any atom is 0.133 e. The molecule has 0 radical (unpaired) electrons. The number of aliphatic hydroxyl groups is 1. The van der Waals surface area contributed by atoms with E-state index in [2.05, 4.69) is 16.8 Å². The van der Waals surface area contributed by atoms with E-state index in [1.165, 1.54) is 0 Å². The molecular weight excluding hydrogens is 188 g/mol. The molecule has 1 aliphatic rings. The van der Waals surface area contributed by atoms with Crippen molar-refractivity contribution in [3.8, 4) is 0 Å². The highest BCUT2D eigenvalue weighted by molar-refractivity contribution is 5.16. The second-order valence-electron chi connectivity index (χ2n) is 4.12. The van der Waals surface area contributed by atoms with Crippen molar-refractivity contribution in [2.75, 3.05) is 33.2 Å². The third-order valence-electron chi connectivity index (χ3n) is 2.98. The van der Waals surface area contributed by atoms with Gasteiger partial charge in [0.2, 0.25) is 0 Å². The molecule has 1 N–H and O–H groups in total. The minimum Gasteiger partial charge on any atom is -0.374 e. The summed E-state index contributed by atoms with van der Waals surface area (Å²) >= 11 is 0. The largest absolute Gasteiger partial charge is 0.374 e. The fraction of sp³-hybridized carbons (Fsp3) is 0.500. The van der Waals surface area contributed by atoms with Gasteiger partial charge in [-0.05, 0) is 12.6 Å². The molecule has 3 nitrogen and oxygen atoms in total. The van der Waals surface area contributed by atoms with Gasteiger partial charge in [0.25, 0.3) is 0 Å². The zero-order valence-corrected chi connectivity index (χ0v) is 9.13. The van der Waals surface area contributed by atoms with Crippen molar-refractivity contribution in [3.05, 3.63) is 35.9 Å². The van der Waals surface area contributed by atoms with Crippen LogP contribution in [0.2, 0.25) is 0 Å². The first-order chi connectivity index (χ1) is 7.27. The molecule has 0 spiro atoms. The van der Waals surface area contributed by atoms with Gasteiger partial charge in [0.1, 0.15) is 6.23 Å². The molecule has 0 aliphatic carbocycles. The molecule has 1 fully saturated rings. The number of likely N-dealkylation sites (N-methyl/N-ethyl adjacent to an activating group) is 1. The molecule has 0 bridgehead atoms. The lowest BCUT2D eigenvalue weighted by atomic mass is 10.1. The van der Waals surface area contributed by atoms with E-state index in [0.29, 0.717) is 0 Å². The molecule has 82 valence electrons. The van der Waals surface area contributed by atoms with Gasteiger partial charge in [-0.3, -0.25) is 4.90 Å². The standard InChI is InChI=1S/C12H18N2O/c1-13-7-9-14(10-8-13)12(15)11-5-3-2-4-6-11/h2-6,12,15H,7-10H2,1H3. The van der Waals surface area contributed by atoms with E-state index >= 15 is 0 Å². The first-order valence-electron chi connectivity index (χ1n) is 5.43. The first-order valence-corrected chi connectivity index (χ1v) is 5.43. The van der Waals surface area contributed by atoms with Crippen molar-refractivity contribution >= 4 is 0 Å². The Balaban J connectivity index is 1.99. The van der Waals surface area contributed by atoms with Gasteiger partial charge < -0.3 is 10.0 Å². The number of hydrogen-bond acceptors (Lipinski definition) is 3. The maximum atomic E-state index is 10.1. The van der Waals surface area contributed by atoms with Gasteiger partial charge in [-0.25, -0.2) is 0 Å². The summed E-state index contributed by atoms with van der Waals surface area (Å²) in [5.41, 5.74) is 0.988. The Morgan fingerprint density at radius 2 is 1.67 bits per heavy atom. The van der Waals surface area contributed by atoms with Crippen LogP contribution in [0.15, 0.2) is 30.3 Å². The molecule has 15 heavy (non-hydrogen) atoms. The van der Waals surface area contributed by atoms with Crippen LogP contribution in [0.25, 0.3) is 0 Å². The van der Waals surface area contributed by atoms with Crippen LogP contribution in [0.5, 0.6) is 0 Å². The Morgan fingerprint density at radius 1 is 1.07 bits per heavy atom. The van der Waals surface area contributed by atoms with E-state index < -0.39 is 6.23 Å². The quantitative estimate of drug-likeness (QED) is 0.779. The maximum absolute atomic E-state index is 10.1. The van der Waals surface area contributed by atoms with Gasteiger partial charge in [-0.15, -0.1) is 0 Å². The highest BCUT2D eigenvalue weighted by Gasteiger charge is 2.21. The molecule has 1 aromatic carbocycles. The van der Waals surface area contributed by atoms with Crippen LogP contribution in [0.1, 0.15) is 11.8 Å². The minimum absolute atomic E-state index is 0.445. The highest BCUT2D eigenvalue weighted by Crippen LogP contribution is 2.18. The average molecular weight is 206 g/mol. The zero-order chi connectivity index (χ0) is 10.7. The van der Waals surface area contributed by atoms with Crippen molar-refractivity contribution in [3.63, 3.8) is 0 Å². The van der Waals surface area contributed by atoms with Gasteiger partial charge in [0.15, 0.2) is 0 Å². The third kappa shape index (κ3) is 2.56. The Morgan fingerprint density at radius 3 is 2.27 bits per heavy atom. The summed E-state index contributed by atoms with van der Waals surface area (Å²) in [6, 6.07) is 9.86. The van der Waals surface area contributed by atoms with Crippen LogP contribution < -0.4 is 0 Å². The molecule has 1 heterocycles. The average Bonchev–Trinajstić information content (AvgIpc) is 2.30. The molecule has 1 aromatic rings. The summed E-state index contributed by atoms with van der Waals surface area (Å²) in [6.45, 7) is 3.94. The summed E-state index contributed by atoms with van der Waals surface area (Å²) in [5, 5.41) is 10.1. The zero-order valence-electron chi connectivity index (χ0n) is 9.13. The summed E-state index contributed by atoms with van der Waals surface area (Å²) < 4.78 is 0. The lowest BCUT2D eigenvalue weighted by Gasteiger charge is -2.35. The van der Waals surface area contributed by atoms with Gasteiger partial charge >= 0.3 is 0 Å². The van der Waals surface area contributed by atoms with Crippen molar-refractivity contribution in [1.29, 1.82) is 0 Å². The molecule has 1 saturated heterocycles. The smallest absolute Gasteiger partial charge is 0.133 e. The molecule has 3 heteroatoms. The van der Waals surface area contributed by atoms with Crippen LogP contribution in [0.3, 0.4) is 0 Å². The number of hydrogen-bond donors (Lipinski definition) is 1. The molecular formula is C12H18N2O. The molecule has 2 rings (SSSR count). The number of rotatable bonds is 2. The normalized spacial score (nSPS) is 21.5. The Bertz CT molecular complexity index is 294. The molecule has 1 atom stereocenters. The summed E-state index contributed by atoms with van der Waals surface area (Å²) in [5.74, 6) is 0. The minimum atomic E-state index is -0.445. The number of benzene rings is 1. The Hall–Kier alpha value is -0.900. The van der Waals surface area contributed by atoms with Crippen LogP contribution in [-0.2, 0) is 0 Å². The topological polar surface area (TPSA) is 26.7 Å². The van der Waals surface area contributed by atoms with E-state index in [4.69, 9.17) is 0 Å². The van der Waals surface area contributed by atoms with Crippen LogP contribution in [0.4, 0.5) is 0 Å². The lowest BCUT2D eigenvalue weighted by molar-refractivity contribution is -0.0232. The van der Waals surface area contributed by atoms with Crippen molar-refractivity contribution < 1.29 is 5.11 Å². The van der Waals surface area contributed by atoms with Crippen molar-refractivity contribution in [2.45, 2.75) is 6.23 Å². The third-order valence-corrected chi connectivity index (χ3v) is 2.98. The predicted octanol–water partition coefficient (Wildman–Crippen LogP) is 0.925. The molecule has 0 saturated carbocycles. The van der Waals surface area contributed by atoms with E-state index in [1.807, 2.05) is 30.3 Å². The van der Waals surface area contributed by atoms with E-state index in [0.717, 1.165) is 31.7 Å². The Kier molecular flexibility index (Phi) is 3.36. The van der Waals surface area contributed by atoms with Crippen LogP contribution in [-0.4, -0.2) is 48.1 Å². The summed E-state index contributed by atoms with van der Waals surface area (Å²) in [4.78, 5) is 4.41. The monoisotopic (exact) mass is 206 g/mol. The number of aliphatic hydroxyl groups excluding tert-OH is 1. The number of nitrogens with zero attached hydrogens (tertiary/aromatic N) is 2. The Labute approximate surface area is 90.9 Å². The van der Waals surface area contributed by atoms with Crippen LogP contribution >= 0.6 is 0 Å². The highest BCUT2D eigenvalue weighted by atomic mass is 16.3. The second-order valence-corrected chi connectivity index (χ2v) is 4.12. The predicted molar refractivity (Wildman–Crippen MR) is 60.5 cm³/mol. The van der Waals surface area contributed by atoms with E-state index in [9.17, 15) is 5.11 Å².